The van der Waals surface area contributed by atoms with Crippen molar-refractivity contribution in [2.45, 2.75) is 24.8 Å². The fraction of sp³-hybridized carbons (Fsp3) is 0.857. The molecular formula is C7H13NO3. The summed E-state index contributed by atoms with van der Waals surface area (Å²) in [7, 11) is 0. The van der Waals surface area contributed by atoms with Gasteiger partial charge in [0.05, 0.1) is 6.42 Å². The highest BCUT2D eigenvalue weighted by molar-refractivity contribution is 5.69. The second kappa shape index (κ2) is 2.79. The molecule has 0 aromatic carbocycles. The van der Waals surface area contributed by atoms with Crippen LogP contribution in [0.4, 0.5) is 0 Å². The van der Waals surface area contributed by atoms with Crippen molar-refractivity contribution in [3.05, 3.63) is 0 Å². The number of nitrogens with two attached hydrogens (primary N) is 1. The lowest BCUT2D eigenvalue weighted by Gasteiger charge is -2.06. The van der Waals surface area contributed by atoms with Crippen LogP contribution in [0.25, 0.3) is 0 Å². The second-order valence-corrected chi connectivity index (χ2v) is 3.22. The predicted molar refractivity (Wildman–Crippen MR) is 39.0 cm³/mol. The molecule has 0 saturated heterocycles. The first-order valence-corrected chi connectivity index (χ1v) is 3.70. The Hall–Kier alpha value is -0.610. The first kappa shape index (κ1) is 8.49. The van der Waals surface area contributed by atoms with Crippen LogP contribution >= 0.6 is 0 Å². The van der Waals surface area contributed by atoms with Crippen molar-refractivity contribution < 1.29 is 15.0 Å². The molecule has 0 heterocycles. The van der Waals surface area contributed by atoms with Gasteiger partial charge in [0.2, 0.25) is 0 Å². The van der Waals surface area contributed by atoms with Crippen LogP contribution in [0.15, 0.2) is 0 Å². The maximum Gasteiger partial charge on any atom is 0.305 e. The van der Waals surface area contributed by atoms with Gasteiger partial charge in [0, 0.05) is 12.1 Å². The zero-order valence-electron chi connectivity index (χ0n) is 6.29. The van der Waals surface area contributed by atoms with E-state index >= 15 is 0 Å². The molecule has 0 aromatic rings. The van der Waals surface area contributed by atoms with Crippen LogP contribution in [-0.2, 0) is 4.79 Å². The third-order valence-corrected chi connectivity index (χ3v) is 2.24. The quantitative estimate of drug-likeness (QED) is 0.519. The number of carbonyl (C=O) groups is 1. The molecule has 2 atom stereocenters. The van der Waals surface area contributed by atoms with Crippen molar-refractivity contribution in [3.63, 3.8) is 0 Å². The first-order chi connectivity index (χ1) is 5.08. The molecular weight excluding hydrogens is 146 g/mol. The van der Waals surface area contributed by atoms with E-state index in [1.807, 2.05) is 0 Å². The van der Waals surface area contributed by atoms with E-state index in [0.29, 0.717) is 6.42 Å². The van der Waals surface area contributed by atoms with Crippen LogP contribution < -0.4 is 5.73 Å². The van der Waals surface area contributed by atoms with Crippen molar-refractivity contribution in [2.24, 2.45) is 11.7 Å². The van der Waals surface area contributed by atoms with Gasteiger partial charge in [0.25, 0.3) is 0 Å². The van der Waals surface area contributed by atoms with Crippen LogP contribution in [0.3, 0.4) is 0 Å². The average molecular weight is 159 g/mol. The summed E-state index contributed by atoms with van der Waals surface area (Å²) in [5.41, 5.74) is 5.17. The van der Waals surface area contributed by atoms with Gasteiger partial charge in [-0.2, -0.15) is 0 Å². The van der Waals surface area contributed by atoms with Gasteiger partial charge in [0.15, 0.2) is 0 Å². The third-order valence-electron chi connectivity index (χ3n) is 2.24. The Morgan fingerprint density at radius 1 is 1.73 bits per heavy atom. The molecule has 0 spiro atoms. The van der Waals surface area contributed by atoms with E-state index in [0.717, 1.165) is 6.42 Å². The summed E-state index contributed by atoms with van der Waals surface area (Å²) < 4.78 is 0. The van der Waals surface area contributed by atoms with Crippen molar-refractivity contribution >= 4 is 5.97 Å². The van der Waals surface area contributed by atoms with E-state index < -0.39 is 11.5 Å². The fourth-order valence-corrected chi connectivity index (χ4v) is 1.44. The molecule has 1 saturated carbocycles. The minimum atomic E-state index is -0.854. The SMILES string of the molecule is NC1(CC(=O)O)CC1CCO. The largest absolute Gasteiger partial charge is 0.481 e. The smallest absolute Gasteiger partial charge is 0.305 e. The van der Waals surface area contributed by atoms with Gasteiger partial charge in [-0.3, -0.25) is 4.79 Å². The highest BCUT2D eigenvalue weighted by Gasteiger charge is 2.51. The summed E-state index contributed by atoms with van der Waals surface area (Å²) >= 11 is 0. The number of hydrogen-bond donors (Lipinski definition) is 3. The molecule has 1 aliphatic rings. The van der Waals surface area contributed by atoms with E-state index in [2.05, 4.69) is 0 Å². The summed E-state index contributed by atoms with van der Waals surface area (Å²) in [6.07, 6.45) is 1.39. The number of rotatable bonds is 4. The van der Waals surface area contributed by atoms with Crippen LogP contribution in [-0.4, -0.2) is 28.3 Å². The van der Waals surface area contributed by atoms with Crippen molar-refractivity contribution in [1.82, 2.24) is 0 Å². The Morgan fingerprint density at radius 3 is 2.82 bits per heavy atom. The van der Waals surface area contributed by atoms with Crippen LogP contribution in [0, 0.1) is 5.92 Å². The molecule has 1 rings (SSSR count). The maximum atomic E-state index is 10.3. The molecule has 4 nitrogen and oxygen atoms in total. The van der Waals surface area contributed by atoms with E-state index in [-0.39, 0.29) is 18.9 Å². The highest BCUT2D eigenvalue weighted by atomic mass is 16.4. The van der Waals surface area contributed by atoms with Gasteiger partial charge >= 0.3 is 5.97 Å². The Kier molecular flexibility index (Phi) is 2.15. The molecule has 2 unspecified atom stereocenters. The number of carboxylic acids is 1. The number of hydrogen-bond acceptors (Lipinski definition) is 3. The van der Waals surface area contributed by atoms with Gasteiger partial charge < -0.3 is 15.9 Å². The molecule has 0 bridgehead atoms. The molecule has 0 aromatic heterocycles. The predicted octanol–water partition coefficient (Wildman–Crippen LogP) is -0.439. The molecule has 0 radical (unpaired) electrons. The highest BCUT2D eigenvalue weighted by Crippen LogP contribution is 2.45. The Balaban J connectivity index is 2.30. The van der Waals surface area contributed by atoms with Crippen molar-refractivity contribution in [3.8, 4) is 0 Å². The maximum absolute atomic E-state index is 10.3. The zero-order chi connectivity index (χ0) is 8.48. The molecule has 1 aliphatic carbocycles. The lowest BCUT2D eigenvalue weighted by Crippen LogP contribution is -2.28. The lowest BCUT2D eigenvalue weighted by atomic mass is 10.1. The summed E-state index contributed by atoms with van der Waals surface area (Å²) in [5.74, 6) is -0.642. The van der Waals surface area contributed by atoms with E-state index in [4.69, 9.17) is 15.9 Å². The fourth-order valence-electron chi connectivity index (χ4n) is 1.44. The van der Waals surface area contributed by atoms with Gasteiger partial charge in [-0.25, -0.2) is 0 Å². The van der Waals surface area contributed by atoms with Gasteiger partial charge in [0.1, 0.15) is 0 Å². The minimum Gasteiger partial charge on any atom is -0.481 e. The average Bonchev–Trinajstić information content (AvgIpc) is 2.40. The third kappa shape index (κ3) is 1.91. The van der Waals surface area contributed by atoms with Crippen molar-refractivity contribution in [2.75, 3.05) is 6.61 Å². The molecule has 4 N–H and O–H groups in total. The van der Waals surface area contributed by atoms with Crippen LogP contribution in [0.1, 0.15) is 19.3 Å². The van der Waals surface area contributed by atoms with E-state index in [9.17, 15) is 4.79 Å². The van der Waals surface area contributed by atoms with Gasteiger partial charge in [-0.05, 0) is 18.8 Å². The van der Waals surface area contributed by atoms with E-state index in [1.165, 1.54) is 0 Å². The summed E-state index contributed by atoms with van der Waals surface area (Å²) in [5, 5.41) is 17.0. The molecule has 0 aliphatic heterocycles. The van der Waals surface area contributed by atoms with Crippen molar-refractivity contribution in [1.29, 1.82) is 0 Å². The number of aliphatic hydroxyl groups excluding tert-OH is 1. The number of carboxylic acid groups (broad SMARTS) is 1. The molecule has 4 heteroatoms. The standard InChI is InChI=1S/C7H13NO3/c8-7(4-6(10)11)3-5(7)1-2-9/h5,9H,1-4,8H2,(H,10,11). The number of aliphatic carboxylic acids is 1. The molecule has 11 heavy (non-hydrogen) atoms. The summed E-state index contributed by atoms with van der Waals surface area (Å²) in [4.78, 5) is 10.3. The topological polar surface area (TPSA) is 83.6 Å². The summed E-state index contributed by atoms with van der Waals surface area (Å²) in [6, 6.07) is 0. The lowest BCUT2D eigenvalue weighted by molar-refractivity contribution is -0.137. The Bertz CT molecular complexity index is 171. The Morgan fingerprint density at radius 2 is 2.36 bits per heavy atom. The summed E-state index contributed by atoms with van der Waals surface area (Å²) in [6.45, 7) is 0.100. The normalized spacial score (nSPS) is 35.3. The monoisotopic (exact) mass is 159 g/mol. The van der Waals surface area contributed by atoms with Crippen LogP contribution in [0.2, 0.25) is 0 Å². The second-order valence-electron chi connectivity index (χ2n) is 3.22. The Labute approximate surface area is 65.0 Å². The molecule has 0 amide bonds. The molecule has 64 valence electrons. The number of aliphatic hydroxyl groups is 1. The first-order valence-electron chi connectivity index (χ1n) is 3.70. The molecule has 1 fully saturated rings. The van der Waals surface area contributed by atoms with Gasteiger partial charge in [-0.15, -0.1) is 0 Å². The minimum absolute atomic E-state index is 0.0255. The van der Waals surface area contributed by atoms with E-state index in [1.54, 1.807) is 0 Å². The van der Waals surface area contributed by atoms with Crippen LogP contribution in [0.5, 0.6) is 0 Å². The zero-order valence-corrected chi connectivity index (χ0v) is 6.29. The van der Waals surface area contributed by atoms with Gasteiger partial charge in [-0.1, -0.05) is 0 Å².